The number of carbonyl (C=O) groups excluding carboxylic acids is 1. The molecule has 5 N–H and O–H groups in total. The molecule has 228 valence electrons. The minimum atomic E-state index is -0.383. The number of Topliss-reactive ketones (excluding diaryl/α,β-unsaturated/α-hetero) is 1. The predicted molar refractivity (Wildman–Crippen MR) is 160 cm³/mol. The van der Waals surface area contributed by atoms with Gasteiger partial charge >= 0.3 is 0 Å². The van der Waals surface area contributed by atoms with Crippen molar-refractivity contribution in [1.82, 2.24) is 9.97 Å². The topological polar surface area (TPSA) is 165 Å². The molecule has 0 radical (unpaired) electrons. The molecular weight excluding hydrogens is 550 g/mol. The number of rotatable bonds is 24. The van der Waals surface area contributed by atoms with Crippen LogP contribution in [0.4, 0.5) is 11.6 Å². The third-order valence-electron chi connectivity index (χ3n) is 5.87. The first kappa shape index (κ1) is 34.4. The number of benzene rings is 1. The number of aromatic nitrogens is 2. The van der Waals surface area contributed by atoms with Gasteiger partial charge in [0.1, 0.15) is 12.4 Å². The van der Waals surface area contributed by atoms with Crippen LogP contribution < -0.4 is 16.2 Å². The number of carbonyl (C=O) groups is 1. The van der Waals surface area contributed by atoms with Crippen molar-refractivity contribution in [3.8, 4) is 5.75 Å². The molecule has 0 atom stereocenters. The van der Waals surface area contributed by atoms with Crippen LogP contribution in [0.2, 0.25) is 5.15 Å². The number of halogens is 1. The Morgan fingerprint density at radius 1 is 0.805 bits per heavy atom. The van der Waals surface area contributed by atoms with E-state index in [1.807, 2.05) is 12.1 Å². The van der Waals surface area contributed by atoms with Gasteiger partial charge in [-0.05, 0) is 49.8 Å². The van der Waals surface area contributed by atoms with E-state index in [1.54, 1.807) is 0 Å². The zero-order valence-corrected chi connectivity index (χ0v) is 24.8. The Morgan fingerprint density at radius 3 is 2.00 bits per heavy atom. The molecule has 1 aromatic carbocycles. The van der Waals surface area contributed by atoms with Crippen molar-refractivity contribution in [2.45, 2.75) is 51.9 Å². The Balaban J connectivity index is 1.46. The smallest absolute Gasteiger partial charge is 0.190 e. The van der Waals surface area contributed by atoms with Crippen LogP contribution in [0.3, 0.4) is 0 Å². The molecule has 0 spiro atoms. The average molecular weight is 594 g/mol. The second kappa shape index (κ2) is 21.0. The Bertz CT molecular complexity index is 1040. The van der Waals surface area contributed by atoms with Gasteiger partial charge in [-0.1, -0.05) is 37.1 Å². The van der Waals surface area contributed by atoms with Crippen LogP contribution >= 0.6 is 11.6 Å². The minimum absolute atomic E-state index is 0.0252. The second-order valence-electron chi connectivity index (χ2n) is 9.34. The maximum absolute atomic E-state index is 12.4. The SMILES string of the molecule is CCCOCCOCCOCCOCCOc1ccc(CCCCCC(=N)CC(=O)c2nc(Cl)c(N)nc2N)cc1. The fourth-order valence-corrected chi connectivity index (χ4v) is 3.86. The number of nitrogen functional groups attached to an aromatic ring is 2. The summed E-state index contributed by atoms with van der Waals surface area (Å²) in [6, 6.07) is 8.05. The summed E-state index contributed by atoms with van der Waals surface area (Å²) in [5, 5.41) is 8.04. The normalized spacial score (nSPS) is 11.1. The number of ether oxygens (including phenoxy) is 5. The molecule has 0 saturated heterocycles. The fraction of sp³-hybridized carbons (Fsp3) is 0.586. The van der Waals surface area contributed by atoms with Crippen molar-refractivity contribution in [2.24, 2.45) is 0 Å². The van der Waals surface area contributed by atoms with E-state index in [1.165, 1.54) is 5.56 Å². The summed E-state index contributed by atoms with van der Waals surface area (Å²) in [6.07, 6.45) is 5.18. The Morgan fingerprint density at radius 2 is 1.39 bits per heavy atom. The molecule has 0 saturated carbocycles. The van der Waals surface area contributed by atoms with Crippen LogP contribution in [0.1, 0.15) is 61.5 Å². The summed E-state index contributed by atoms with van der Waals surface area (Å²) in [7, 11) is 0. The molecule has 1 aromatic heterocycles. The van der Waals surface area contributed by atoms with E-state index in [-0.39, 0.29) is 34.7 Å². The lowest BCUT2D eigenvalue weighted by Gasteiger charge is -2.09. The maximum atomic E-state index is 12.4. The molecule has 2 rings (SSSR count). The van der Waals surface area contributed by atoms with Crippen molar-refractivity contribution in [2.75, 3.05) is 70.9 Å². The summed E-state index contributed by atoms with van der Waals surface area (Å²) in [4.78, 5) is 20.1. The lowest BCUT2D eigenvalue weighted by Crippen LogP contribution is -2.14. The van der Waals surface area contributed by atoms with Gasteiger partial charge in [0.05, 0.1) is 52.7 Å². The van der Waals surface area contributed by atoms with E-state index in [0.29, 0.717) is 65.0 Å². The van der Waals surface area contributed by atoms with Crippen LogP contribution in [-0.2, 0) is 25.4 Å². The predicted octanol–water partition coefficient (Wildman–Crippen LogP) is 4.55. The number of nitrogens with two attached hydrogens (primary N) is 2. The number of anilines is 2. The highest BCUT2D eigenvalue weighted by Crippen LogP contribution is 2.19. The quantitative estimate of drug-likeness (QED) is 0.0893. The van der Waals surface area contributed by atoms with Gasteiger partial charge in [0.25, 0.3) is 0 Å². The first-order valence-corrected chi connectivity index (χ1v) is 14.5. The molecule has 0 aliphatic heterocycles. The fourth-order valence-electron chi connectivity index (χ4n) is 3.73. The van der Waals surface area contributed by atoms with E-state index < -0.39 is 0 Å². The lowest BCUT2D eigenvalue weighted by atomic mass is 10.0. The van der Waals surface area contributed by atoms with Crippen LogP contribution in [0.15, 0.2) is 24.3 Å². The van der Waals surface area contributed by atoms with E-state index in [0.717, 1.165) is 44.5 Å². The van der Waals surface area contributed by atoms with Crippen molar-refractivity contribution in [1.29, 1.82) is 5.41 Å². The highest BCUT2D eigenvalue weighted by atomic mass is 35.5. The van der Waals surface area contributed by atoms with Gasteiger partial charge in [-0.2, -0.15) is 0 Å². The van der Waals surface area contributed by atoms with Crippen molar-refractivity contribution in [3.63, 3.8) is 0 Å². The van der Waals surface area contributed by atoms with Gasteiger partial charge in [-0.15, -0.1) is 0 Å². The van der Waals surface area contributed by atoms with Crippen molar-refractivity contribution < 1.29 is 28.5 Å². The molecule has 0 unspecified atom stereocenters. The summed E-state index contributed by atoms with van der Waals surface area (Å²) in [5.41, 5.74) is 12.8. The molecule has 0 amide bonds. The van der Waals surface area contributed by atoms with Crippen LogP contribution in [0, 0.1) is 5.41 Å². The van der Waals surface area contributed by atoms with E-state index in [2.05, 4.69) is 29.0 Å². The molecule has 0 aliphatic rings. The van der Waals surface area contributed by atoms with Crippen LogP contribution in [0.5, 0.6) is 5.75 Å². The van der Waals surface area contributed by atoms with Gasteiger partial charge in [0.2, 0.25) is 0 Å². The minimum Gasteiger partial charge on any atom is -0.491 e. The zero-order valence-electron chi connectivity index (χ0n) is 24.0. The van der Waals surface area contributed by atoms with Crippen LogP contribution in [-0.4, -0.2) is 80.9 Å². The Labute approximate surface area is 247 Å². The second-order valence-corrected chi connectivity index (χ2v) is 9.70. The summed E-state index contributed by atoms with van der Waals surface area (Å²) < 4.78 is 27.5. The van der Waals surface area contributed by atoms with Crippen LogP contribution in [0.25, 0.3) is 0 Å². The molecule has 1 heterocycles. The molecule has 2 aromatic rings. The molecular formula is C29H44ClN5O6. The van der Waals surface area contributed by atoms with Gasteiger partial charge < -0.3 is 40.6 Å². The third kappa shape index (κ3) is 15.1. The Kier molecular flexibility index (Phi) is 17.6. The highest BCUT2D eigenvalue weighted by molar-refractivity contribution is 6.31. The van der Waals surface area contributed by atoms with Crippen molar-refractivity contribution >= 4 is 34.7 Å². The molecule has 41 heavy (non-hydrogen) atoms. The van der Waals surface area contributed by atoms with E-state index in [4.69, 9.17) is 52.2 Å². The summed E-state index contributed by atoms with van der Waals surface area (Å²) in [5.74, 6) is 0.325. The first-order chi connectivity index (χ1) is 19.9. The maximum Gasteiger partial charge on any atom is 0.190 e. The number of nitrogens with zero attached hydrogens (tertiary/aromatic N) is 2. The largest absolute Gasteiger partial charge is 0.491 e. The van der Waals surface area contributed by atoms with Gasteiger partial charge in [-0.3, -0.25) is 4.79 Å². The van der Waals surface area contributed by atoms with Gasteiger partial charge in [0.15, 0.2) is 28.3 Å². The molecule has 11 nitrogen and oxygen atoms in total. The standard InChI is InChI=1S/C29H44ClN5O6/c1-2-12-37-13-14-38-15-16-39-17-18-40-19-20-41-24-10-8-22(9-11-24)6-4-3-5-7-23(31)21-25(36)26-28(32)35-29(33)27(30)34-26/h8-11,31H,2-7,12-21H2,1H3,(H4,32,33,35). The number of hydrogen-bond donors (Lipinski definition) is 3. The summed E-state index contributed by atoms with van der Waals surface area (Å²) >= 11 is 5.83. The monoisotopic (exact) mass is 593 g/mol. The Hall–Kier alpha value is -2.83. The third-order valence-corrected chi connectivity index (χ3v) is 6.15. The average Bonchev–Trinajstić information content (AvgIpc) is 2.95. The number of ketones is 1. The number of hydrogen-bond acceptors (Lipinski definition) is 11. The van der Waals surface area contributed by atoms with Crippen molar-refractivity contribution in [3.05, 3.63) is 40.7 Å². The van der Waals surface area contributed by atoms with E-state index in [9.17, 15) is 4.79 Å². The molecule has 0 bridgehead atoms. The summed E-state index contributed by atoms with van der Waals surface area (Å²) in [6.45, 7) is 7.15. The van der Waals surface area contributed by atoms with Gasteiger partial charge in [-0.25, -0.2) is 9.97 Å². The lowest BCUT2D eigenvalue weighted by molar-refractivity contribution is -0.00450. The van der Waals surface area contributed by atoms with E-state index >= 15 is 0 Å². The molecule has 0 fully saturated rings. The molecule has 12 heteroatoms. The highest BCUT2D eigenvalue weighted by Gasteiger charge is 2.17. The first-order valence-electron chi connectivity index (χ1n) is 14.1. The number of aryl methyl sites for hydroxylation is 1. The molecule has 0 aliphatic carbocycles. The number of unbranched alkanes of at least 4 members (excludes halogenated alkanes) is 2. The number of nitrogens with one attached hydrogen (secondary N) is 1. The zero-order chi connectivity index (χ0) is 29.7. The van der Waals surface area contributed by atoms with Gasteiger partial charge in [0, 0.05) is 12.3 Å².